The van der Waals surface area contributed by atoms with Crippen LogP contribution in [-0.4, -0.2) is 12.5 Å². The molecular weight excluding hydrogens is 274 g/mol. The van der Waals surface area contributed by atoms with E-state index in [-0.39, 0.29) is 11.8 Å². The number of rotatable bonds is 6. The van der Waals surface area contributed by atoms with E-state index >= 15 is 0 Å². The zero-order chi connectivity index (χ0) is 15.1. The number of nitrogens with one attached hydrogen (secondary N) is 1. The first-order valence-electron chi connectivity index (χ1n) is 6.65. The zero-order valence-corrected chi connectivity index (χ0v) is 12.6. The molecule has 0 aliphatic rings. The van der Waals surface area contributed by atoms with Gasteiger partial charge in [-0.2, -0.15) is 5.26 Å². The largest absolute Gasteiger partial charge is 0.330 e. The Morgan fingerprint density at radius 2 is 2.20 bits per heavy atom. The molecule has 1 aromatic carbocycles. The Balaban J connectivity index is 2.68. The van der Waals surface area contributed by atoms with Crippen LogP contribution in [-0.2, 0) is 4.79 Å². The predicted molar refractivity (Wildman–Crippen MR) is 81.4 cm³/mol. The summed E-state index contributed by atoms with van der Waals surface area (Å²) in [4.78, 5) is 12.0. The van der Waals surface area contributed by atoms with Crippen LogP contribution in [0.5, 0.6) is 0 Å². The quantitative estimate of drug-likeness (QED) is 0.845. The highest BCUT2D eigenvalue weighted by atomic mass is 35.5. The number of carbonyl (C=O) groups excluding carboxylic acids is 1. The zero-order valence-electron chi connectivity index (χ0n) is 11.8. The molecule has 0 aliphatic carbocycles. The molecule has 0 spiro atoms. The molecule has 0 radical (unpaired) electrons. The van der Waals surface area contributed by atoms with Gasteiger partial charge in [-0.05, 0) is 43.0 Å². The highest BCUT2D eigenvalue weighted by Gasteiger charge is 2.15. The van der Waals surface area contributed by atoms with E-state index in [0.717, 1.165) is 6.42 Å². The van der Waals surface area contributed by atoms with Crippen LogP contribution in [0.1, 0.15) is 32.3 Å². The first-order chi connectivity index (χ1) is 9.46. The standard InChI is InChI=1S/C15H20ClN3O/c1-10(2)5-12(9-18)7-15(20)19-14-6-11(8-17)3-4-13(14)16/h3-4,6,10,12H,5,7,9,18H2,1-2H3,(H,19,20)/t12-/m0/s1. The molecule has 4 nitrogen and oxygen atoms in total. The maximum absolute atomic E-state index is 12.0. The Kier molecular flexibility index (Phi) is 6.50. The minimum atomic E-state index is -0.127. The number of carbonyl (C=O) groups is 1. The van der Waals surface area contributed by atoms with Crippen LogP contribution >= 0.6 is 11.6 Å². The van der Waals surface area contributed by atoms with Crippen LogP contribution in [0, 0.1) is 23.2 Å². The molecule has 0 saturated heterocycles. The smallest absolute Gasteiger partial charge is 0.224 e. The lowest BCUT2D eigenvalue weighted by molar-refractivity contribution is -0.117. The minimum Gasteiger partial charge on any atom is -0.330 e. The molecule has 1 atom stereocenters. The van der Waals surface area contributed by atoms with Crippen molar-refractivity contribution in [2.45, 2.75) is 26.7 Å². The molecule has 1 amide bonds. The van der Waals surface area contributed by atoms with E-state index < -0.39 is 0 Å². The molecule has 0 bridgehead atoms. The summed E-state index contributed by atoms with van der Waals surface area (Å²) in [5, 5.41) is 12.0. The van der Waals surface area contributed by atoms with Crippen molar-refractivity contribution in [1.29, 1.82) is 5.26 Å². The number of nitriles is 1. The van der Waals surface area contributed by atoms with Gasteiger partial charge in [0.05, 0.1) is 22.3 Å². The van der Waals surface area contributed by atoms with Crippen molar-refractivity contribution in [3.8, 4) is 6.07 Å². The molecule has 1 aromatic rings. The highest BCUT2D eigenvalue weighted by Crippen LogP contribution is 2.23. The van der Waals surface area contributed by atoms with E-state index in [9.17, 15) is 4.79 Å². The summed E-state index contributed by atoms with van der Waals surface area (Å²) in [6, 6.07) is 6.80. The molecule has 108 valence electrons. The summed E-state index contributed by atoms with van der Waals surface area (Å²) in [7, 11) is 0. The van der Waals surface area contributed by atoms with E-state index in [0.29, 0.717) is 35.2 Å². The van der Waals surface area contributed by atoms with Crippen LogP contribution in [0.15, 0.2) is 18.2 Å². The minimum absolute atomic E-state index is 0.127. The van der Waals surface area contributed by atoms with Gasteiger partial charge in [0.25, 0.3) is 0 Å². The molecule has 0 unspecified atom stereocenters. The SMILES string of the molecule is CC(C)C[C@H](CN)CC(=O)Nc1cc(C#N)ccc1Cl. The number of anilines is 1. The van der Waals surface area contributed by atoms with Gasteiger partial charge in [-0.15, -0.1) is 0 Å². The Labute approximate surface area is 124 Å². The molecule has 0 aliphatic heterocycles. The van der Waals surface area contributed by atoms with Crippen molar-refractivity contribution in [1.82, 2.24) is 0 Å². The molecule has 1 rings (SSSR count). The lowest BCUT2D eigenvalue weighted by Crippen LogP contribution is -2.23. The molecule has 20 heavy (non-hydrogen) atoms. The third-order valence-corrected chi connectivity index (χ3v) is 3.31. The van der Waals surface area contributed by atoms with Crippen molar-refractivity contribution in [2.24, 2.45) is 17.6 Å². The number of nitrogens with zero attached hydrogens (tertiary/aromatic N) is 1. The Morgan fingerprint density at radius 3 is 2.75 bits per heavy atom. The Hall–Kier alpha value is -1.57. The second kappa shape index (κ2) is 7.88. The van der Waals surface area contributed by atoms with Crippen molar-refractivity contribution in [2.75, 3.05) is 11.9 Å². The van der Waals surface area contributed by atoms with Gasteiger partial charge in [0, 0.05) is 6.42 Å². The summed E-state index contributed by atoms with van der Waals surface area (Å²) in [6.07, 6.45) is 1.28. The predicted octanol–water partition coefficient (Wildman–Crippen LogP) is 3.16. The van der Waals surface area contributed by atoms with Crippen LogP contribution in [0.25, 0.3) is 0 Å². The highest BCUT2D eigenvalue weighted by molar-refractivity contribution is 6.33. The maximum Gasteiger partial charge on any atom is 0.224 e. The Morgan fingerprint density at radius 1 is 1.50 bits per heavy atom. The van der Waals surface area contributed by atoms with Gasteiger partial charge in [0.1, 0.15) is 0 Å². The van der Waals surface area contributed by atoms with Crippen LogP contribution in [0.3, 0.4) is 0 Å². The fraction of sp³-hybridized carbons (Fsp3) is 0.467. The molecule has 0 aromatic heterocycles. The van der Waals surface area contributed by atoms with Gasteiger partial charge in [-0.3, -0.25) is 4.79 Å². The van der Waals surface area contributed by atoms with Gasteiger partial charge in [-0.1, -0.05) is 25.4 Å². The number of benzene rings is 1. The van der Waals surface area contributed by atoms with Gasteiger partial charge in [-0.25, -0.2) is 0 Å². The van der Waals surface area contributed by atoms with Crippen LogP contribution in [0.2, 0.25) is 5.02 Å². The number of nitrogens with two attached hydrogens (primary N) is 1. The normalized spacial score (nSPS) is 12.0. The third-order valence-electron chi connectivity index (χ3n) is 2.98. The number of halogens is 1. The summed E-state index contributed by atoms with van der Waals surface area (Å²) in [5.74, 6) is 0.535. The fourth-order valence-electron chi connectivity index (χ4n) is 2.08. The first kappa shape index (κ1) is 16.5. The van der Waals surface area contributed by atoms with E-state index in [1.165, 1.54) is 0 Å². The van der Waals surface area contributed by atoms with Crippen molar-refractivity contribution in [3.05, 3.63) is 28.8 Å². The van der Waals surface area contributed by atoms with E-state index in [2.05, 4.69) is 19.2 Å². The molecule has 0 heterocycles. The lowest BCUT2D eigenvalue weighted by Gasteiger charge is -2.17. The van der Waals surface area contributed by atoms with Crippen molar-refractivity contribution in [3.63, 3.8) is 0 Å². The monoisotopic (exact) mass is 293 g/mol. The number of hydrogen-bond donors (Lipinski definition) is 2. The van der Waals surface area contributed by atoms with Crippen molar-refractivity contribution < 1.29 is 4.79 Å². The van der Waals surface area contributed by atoms with E-state index in [1.807, 2.05) is 6.07 Å². The third kappa shape index (κ3) is 5.20. The average molecular weight is 294 g/mol. The number of hydrogen-bond acceptors (Lipinski definition) is 3. The topological polar surface area (TPSA) is 78.9 Å². The first-order valence-corrected chi connectivity index (χ1v) is 7.03. The molecule has 0 saturated carbocycles. The Bertz CT molecular complexity index is 508. The van der Waals surface area contributed by atoms with Gasteiger partial charge in [0.15, 0.2) is 0 Å². The van der Waals surface area contributed by atoms with E-state index in [1.54, 1.807) is 18.2 Å². The van der Waals surface area contributed by atoms with E-state index in [4.69, 9.17) is 22.6 Å². The van der Waals surface area contributed by atoms with Gasteiger partial charge >= 0.3 is 0 Å². The number of amides is 1. The molecular formula is C15H20ClN3O. The fourth-order valence-corrected chi connectivity index (χ4v) is 2.25. The molecule has 0 fully saturated rings. The average Bonchev–Trinajstić information content (AvgIpc) is 2.40. The summed E-state index contributed by atoms with van der Waals surface area (Å²) in [6.45, 7) is 4.69. The van der Waals surface area contributed by atoms with Crippen molar-refractivity contribution >= 4 is 23.2 Å². The second-order valence-corrected chi connectivity index (χ2v) is 5.70. The van der Waals surface area contributed by atoms with Crippen LogP contribution < -0.4 is 11.1 Å². The second-order valence-electron chi connectivity index (χ2n) is 5.29. The molecule has 5 heteroatoms. The van der Waals surface area contributed by atoms with Gasteiger partial charge in [0.2, 0.25) is 5.91 Å². The lowest BCUT2D eigenvalue weighted by atomic mass is 9.94. The van der Waals surface area contributed by atoms with Gasteiger partial charge < -0.3 is 11.1 Å². The van der Waals surface area contributed by atoms with Crippen LogP contribution in [0.4, 0.5) is 5.69 Å². The summed E-state index contributed by atoms with van der Waals surface area (Å²) < 4.78 is 0. The molecule has 3 N–H and O–H groups in total. The maximum atomic E-state index is 12.0. The summed E-state index contributed by atoms with van der Waals surface area (Å²) >= 11 is 6.00. The summed E-state index contributed by atoms with van der Waals surface area (Å²) in [5.41, 5.74) is 6.62.